The van der Waals surface area contributed by atoms with Gasteiger partial charge in [-0.25, -0.2) is 0 Å². The van der Waals surface area contributed by atoms with Crippen molar-refractivity contribution in [2.24, 2.45) is 5.92 Å². The van der Waals surface area contributed by atoms with Gasteiger partial charge in [0.15, 0.2) is 0 Å². The molecule has 104 valence electrons. The first-order valence-corrected chi connectivity index (χ1v) is 6.79. The molecule has 0 heterocycles. The Morgan fingerprint density at radius 1 is 1.47 bits per heavy atom. The molecular formula is C15H21NO3. The van der Waals surface area contributed by atoms with E-state index in [0.717, 1.165) is 24.8 Å². The van der Waals surface area contributed by atoms with Crippen LogP contribution in [0.3, 0.4) is 0 Å². The maximum Gasteiger partial charge on any atom is 0.251 e. The number of phenols is 1. The zero-order valence-electron chi connectivity index (χ0n) is 11.4. The SMILES string of the molecule is CCC(NC(=O)c1ccc(O)cc1C)C1CC(O)C1. The fraction of sp³-hybridized carbons (Fsp3) is 0.533. The second-order valence-electron chi connectivity index (χ2n) is 5.37. The van der Waals surface area contributed by atoms with Gasteiger partial charge in [-0.05, 0) is 55.9 Å². The van der Waals surface area contributed by atoms with Gasteiger partial charge in [-0.1, -0.05) is 6.92 Å². The van der Waals surface area contributed by atoms with Crippen molar-refractivity contribution in [3.05, 3.63) is 29.3 Å². The number of carbonyl (C=O) groups excluding carboxylic acids is 1. The molecule has 1 saturated carbocycles. The summed E-state index contributed by atoms with van der Waals surface area (Å²) in [6.45, 7) is 3.85. The van der Waals surface area contributed by atoms with Crippen LogP contribution in [0.4, 0.5) is 0 Å². The van der Waals surface area contributed by atoms with Crippen LogP contribution in [0, 0.1) is 12.8 Å². The topological polar surface area (TPSA) is 69.6 Å². The Labute approximate surface area is 113 Å². The number of benzene rings is 1. The van der Waals surface area contributed by atoms with Crippen LogP contribution in [0.2, 0.25) is 0 Å². The largest absolute Gasteiger partial charge is 0.508 e. The molecular weight excluding hydrogens is 242 g/mol. The molecule has 0 radical (unpaired) electrons. The molecule has 0 bridgehead atoms. The number of carbonyl (C=O) groups is 1. The predicted octanol–water partition coefficient (Wildman–Crippen LogP) is 1.98. The number of aryl methyl sites for hydroxylation is 1. The Hall–Kier alpha value is -1.55. The van der Waals surface area contributed by atoms with E-state index < -0.39 is 0 Å². The molecule has 2 rings (SSSR count). The zero-order chi connectivity index (χ0) is 14.0. The third kappa shape index (κ3) is 3.07. The lowest BCUT2D eigenvalue weighted by atomic mass is 9.76. The molecule has 0 saturated heterocycles. The Morgan fingerprint density at radius 2 is 2.16 bits per heavy atom. The lowest BCUT2D eigenvalue weighted by molar-refractivity contribution is 0.0232. The number of phenolic OH excluding ortho intramolecular Hbond substituents is 1. The van der Waals surface area contributed by atoms with Gasteiger partial charge in [0, 0.05) is 11.6 Å². The highest BCUT2D eigenvalue weighted by Crippen LogP contribution is 2.31. The first-order valence-electron chi connectivity index (χ1n) is 6.79. The minimum absolute atomic E-state index is 0.106. The molecule has 19 heavy (non-hydrogen) atoms. The van der Waals surface area contributed by atoms with Gasteiger partial charge in [-0.2, -0.15) is 0 Å². The van der Waals surface area contributed by atoms with E-state index >= 15 is 0 Å². The molecule has 1 unspecified atom stereocenters. The highest BCUT2D eigenvalue weighted by atomic mass is 16.3. The van der Waals surface area contributed by atoms with Crippen LogP contribution in [0.1, 0.15) is 42.1 Å². The molecule has 1 aliphatic rings. The van der Waals surface area contributed by atoms with Crippen LogP contribution >= 0.6 is 0 Å². The first kappa shape index (κ1) is 13.9. The van der Waals surface area contributed by atoms with Gasteiger partial charge in [-0.15, -0.1) is 0 Å². The summed E-state index contributed by atoms with van der Waals surface area (Å²) in [4.78, 5) is 12.2. The number of aliphatic hydroxyl groups is 1. The normalized spacial score (nSPS) is 23.5. The molecule has 1 amide bonds. The Bertz CT molecular complexity index is 466. The Morgan fingerprint density at radius 3 is 2.68 bits per heavy atom. The molecule has 1 aliphatic carbocycles. The van der Waals surface area contributed by atoms with Gasteiger partial charge in [0.05, 0.1) is 6.10 Å². The average Bonchev–Trinajstić information content (AvgIpc) is 2.32. The molecule has 4 heteroatoms. The first-order chi connectivity index (χ1) is 9.01. The van der Waals surface area contributed by atoms with Crippen molar-refractivity contribution in [1.29, 1.82) is 0 Å². The van der Waals surface area contributed by atoms with E-state index in [9.17, 15) is 15.0 Å². The van der Waals surface area contributed by atoms with Crippen molar-refractivity contribution >= 4 is 5.91 Å². The lowest BCUT2D eigenvalue weighted by Gasteiger charge is -2.37. The van der Waals surface area contributed by atoms with Crippen molar-refractivity contribution in [2.75, 3.05) is 0 Å². The standard InChI is InChI=1S/C15H21NO3/c1-3-14(10-7-12(18)8-10)16-15(19)13-5-4-11(17)6-9(13)2/h4-6,10,12,14,17-18H,3,7-8H2,1-2H3,(H,16,19). The van der Waals surface area contributed by atoms with Crippen LogP contribution in [-0.4, -0.2) is 28.3 Å². The summed E-state index contributed by atoms with van der Waals surface area (Å²) in [6, 6.07) is 4.87. The van der Waals surface area contributed by atoms with Gasteiger partial charge < -0.3 is 15.5 Å². The van der Waals surface area contributed by atoms with E-state index in [1.165, 1.54) is 6.07 Å². The van der Waals surface area contributed by atoms with Crippen LogP contribution in [0.25, 0.3) is 0 Å². The Kier molecular flexibility index (Phi) is 4.10. The quantitative estimate of drug-likeness (QED) is 0.778. The number of hydrogen-bond acceptors (Lipinski definition) is 3. The summed E-state index contributed by atoms with van der Waals surface area (Å²) >= 11 is 0. The number of hydrogen-bond donors (Lipinski definition) is 3. The van der Waals surface area contributed by atoms with Crippen molar-refractivity contribution in [3.63, 3.8) is 0 Å². The summed E-state index contributed by atoms with van der Waals surface area (Å²) < 4.78 is 0. The maximum atomic E-state index is 12.2. The Balaban J connectivity index is 2.03. The smallest absolute Gasteiger partial charge is 0.251 e. The molecule has 1 aromatic rings. The minimum atomic E-state index is -0.202. The fourth-order valence-electron chi connectivity index (χ4n) is 2.66. The zero-order valence-corrected chi connectivity index (χ0v) is 11.4. The molecule has 1 fully saturated rings. The fourth-order valence-corrected chi connectivity index (χ4v) is 2.66. The second-order valence-corrected chi connectivity index (χ2v) is 5.37. The monoisotopic (exact) mass is 263 g/mol. The van der Waals surface area contributed by atoms with Crippen molar-refractivity contribution in [3.8, 4) is 5.75 Å². The summed E-state index contributed by atoms with van der Waals surface area (Å²) in [7, 11) is 0. The van der Waals surface area contributed by atoms with E-state index in [0.29, 0.717) is 11.5 Å². The summed E-state index contributed by atoms with van der Waals surface area (Å²) in [5, 5.41) is 21.7. The van der Waals surface area contributed by atoms with Crippen LogP contribution in [-0.2, 0) is 0 Å². The minimum Gasteiger partial charge on any atom is -0.508 e. The summed E-state index contributed by atoms with van der Waals surface area (Å²) in [5.74, 6) is 0.440. The third-order valence-corrected chi connectivity index (χ3v) is 3.93. The molecule has 3 N–H and O–H groups in total. The van der Waals surface area contributed by atoms with Crippen molar-refractivity contribution < 1.29 is 15.0 Å². The maximum absolute atomic E-state index is 12.2. The van der Waals surface area contributed by atoms with Gasteiger partial charge in [0.2, 0.25) is 0 Å². The van der Waals surface area contributed by atoms with E-state index in [-0.39, 0.29) is 23.8 Å². The van der Waals surface area contributed by atoms with Gasteiger partial charge in [0.25, 0.3) is 5.91 Å². The third-order valence-electron chi connectivity index (χ3n) is 3.93. The predicted molar refractivity (Wildman–Crippen MR) is 73.1 cm³/mol. The van der Waals surface area contributed by atoms with Crippen LogP contribution < -0.4 is 5.32 Å². The molecule has 0 aliphatic heterocycles. The molecule has 1 aromatic carbocycles. The van der Waals surface area contributed by atoms with E-state index in [4.69, 9.17) is 0 Å². The van der Waals surface area contributed by atoms with Gasteiger partial charge >= 0.3 is 0 Å². The number of rotatable bonds is 4. The molecule has 4 nitrogen and oxygen atoms in total. The van der Waals surface area contributed by atoms with Gasteiger partial charge in [-0.3, -0.25) is 4.79 Å². The van der Waals surface area contributed by atoms with E-state index in [2.05, 4.69) is 5.32 Å². The number of aliphatic hydroxyl groups excluding tert-OH is 1. The van der Waals surface area contributed by atoms with Crippen molar-refractivity contribution in [2.45, 2.75) is 45.3 Å². The summed E-state index contributed by atoms with van der Waals surface area (Å²) in [5.41, 5.74) is 1.36. The van der Waals surface area contributed by atoms with Crippen molar-refractivity contribution in [1.82, 2.24) is 5.32 Å². The van der Waals surface area contributed by atoms with Crippen LogP contribution in [0.5, 0.6) is 5.75 Å². The van der Waals surface area contributed by atoms with Crippen LogP contribution in [0.15, 0.2) is 18.2 Å². The number of amides is 1. The van der Waals surface area contributed by atoms with E-state index in [1.54, 1.807) is 12.1 Å². The number of aromatic hydroxyl groups is 1. The average molecular weight is 263 g/mol. The summed E-state index contributed by atoms with van der Waals surface area (Å²) in [6.07, 6.45) is 2.20. The molecule has 0 aromatic heterocycles. The van der Waals surface area contributed by atoms with E-state index in [1.807, 2.05) is 13.8 Å². The highest BCUT2D eigenvalue weighted by molar-refractivity contribution is 5.96. The van der Waals surface area contributed by atoms with Gasteiger partial charge in [0.1, 0.15) is 5.75 Å². The second kappa shape index (κ2) is 5.61. The lowest BCUT2D eigenvalue weighted by Crippen LogP contribution is -2.46. The molecule has 0 spiro atoms. The number of nitrogens with one attached hydrogen (secondary N) is 1. The highest BCUT2D eigenvalue weighted by Gasteiger charge is 2.33. The molecule has 1 atom stereocenters.